The van der Waals surface area contributed by atoms with Crippen LogP contribution < -0.4 is 5.32 Å². The highest BCUT2D eigenvalue weighted by Gasteiger charge is 2.24. The molecule has 1 N–H and O–H groups in total. The lowest BCUT2D eigenvalue weighted by Gasteiger charge is -2.20. The Morgan fingerprint density at radius 2 is 1.95 bits per heavy atom. The first kappa shape index (κ1) is 17.7. The smallest absolute Gasteiger partial charge is 0.233 e. The van der Waals surface area contributed by atoms with Crippen LogP contribution in [0, 0.1) is 0 Å². The van der Waals surface area contributed by atoms with E-state index in [4.69, 9.17) is 23.2 Å². The predicted octanol–water partition coefficient (Wildman–Crippen LogP) is 0.389. The summed E-state index contributed by atoms with van der Waals surface area (Å²) in [6, 6.07) is 0. The lowest BCUT2D eigenvalue weighted by Crippen LogP contribution is -2.39. The second-order valence-electron chi connectivity index (χ2n) is 4.47. The maximum Gasteiger partial charge on any atom is 0.233 e. The summed E-state index contributed by atoms with van der Waals surface area (Å²) in [5, 5.41) is 2.56. The first-order chi connectivity index (χ1) is 9.35. The molecule has 1 aliphatic heterocycles. The summed E-state index contributed by atoms with van der Waals surface area (Å²) >= 11 is 10.9. The highest BCUT2D eigenvalue weighted by atomic mass is 35.5. The van der Waals surface area contributed by atoms with Crippen molar-refractivity contribution in [3.05, 3.63) is 10.6 Å². The second kappa shape index (κ2) is 8.19. The molecular formula is C11H19Cl2N3O3S. The van der Waals surface area contributed by atoms with Crippen LogP contribution in [0.5, 0.6) is 0 Å². The van der Waals surface area contributed by atoms with E-state index in [1.807, 2.05) is 4.90 Å². The van der Waals surface area contributed by atoms with Gasteiger partial charge in [0.1, 0.15) is 4.49 Å². The molecule has 116 valence electrons. The summed E-state index contributed by atoms with van der Waals surface area (Å²) in [6.07, 6.45) is 1.96. The van der Waals surface area contributed by atoms with E-state index in [2.05, 4.69) is 5.32 Å². The standard InChI is InChI=1S/C11H19Cl2N3O3S/c1-14-11(17)9-15-4-2-5-16(7-6-15)20(18,19)8-3-10(12)13/h3H,2,4-9H2,1H3,(H,14,17). The minimum absolute atomic E-state index is 0.0513. The molecule has 1 heterocycles. The number of hydrogen-bond donors (Lipinski definition) is 1. The van der Waals surface area contributed by atoms with Gasteiger partial charge in [-0.1, -0.05) is 23.2 Å². The van der Waals surface area contributed by atoms with E-state index < -0.39 is 10.0 Å². The van der Waals surface area contributed by atoms with Crippen molar-refractivity contribution in [1.29, 1.82) is 0 Å². The van der Waals surface area contributed by atoms with Crippen LogP contribution in [0.2, 0.25) is 0 Å². The molecule has 0 aromatic heterocycles. The minimum Gasteiger partial charge on any atom is -0.358 e. The van der Waals surface area contributed by atoms with Gasteiger partial charge in [-0.15, -0.1) is 0 Å². The Bertz CT molecular complexity index is 464. The van der Waals surface area contributed by atoms with E-state index in [9.17, 15) is 13.2 Å². The lowest BCUT2D eigenvalue weighted by molar-refractivity contribution is -0.121. The zero-order chi connectivity index (χ0) is 15.2. The molecule has 9 heteroatoms. The molecule has 1 saturated heterocycles. The van der Waals surface area contributed by atoms with Crippen molar-refractivity contribution >= 4 is 39.1 Å². The van der Waals surface area contributed by atoms with Crippen molar-refractivity contribution in [3.8, 4) is 0 Å². The lowest BCUT2D eigenvalue weighted by atomic mass is 10.4. The molecule has 0 atom stereocenters. The van der Waals surface area contributed by atoms with Gasteiger partial charge in [0.05, 0.1) is 12.3 Å². The van der Waals surface area contributed by atoms with Crippen LogP contribution in [-0.4, -0.2) is 69.1 Å². The Balaban J connectivity index is 2.59. The zero-order valence-electron chi connectivity index (χ0n) is 11.3. The largest absolute Gasteiger partial charge is 0.358 e. The molecule has 0 unspecified atom stereocenters. The van der Waals surface area contributed by atoms with Crippen LogP contribution in [0.15, 0.2) is 10.6 Å². The monoisotopic (exact) mass is 343 g/mol. The number of carbonyl (C=O) groups excluding carboxylic acids is 1. The number of halogens is 2. The van der Waals surface area contributed by atoms with Gasteiger partial charge in [0.2, 0.25) is 15.9 Å². The van der Waals surface area contributed by atoms with Crippen LogP contribution in [0.1, 0.15) is 6.42 Å². The van der Waals surface area contributed by atoms with Crippen LogP contribution in [0.25, 0.3) is 0 Å². The number of hydrogen-bond acceptors (Lipinski definition) is 4. The first-order valence-electron chi connectivity index (χ1n) is 6.27. The highest BCUT2D eigenvalue weighted by molar-refractivity contribution is 7.89. The number of nitrogens with zero attached hydrogens (tertiary/aromatic N) is 2. The molecule has 6 nitrogen and oxygen atoms in total. The number of amides is 1. The maximum absolute atomic E-state index is 12.1. The summed E-state index contributed by atoms with van der Waals surface area (Å²) < 4.78 is 25.6. The van der Waals surface area contributed by atoms with Crippen LogP contribution in [-0.2, 0) is 14.8 Å². The van der Waals surface area contributed by atoms with E-state index in [-0.39, 0.29) is 22.7 Å². The van der Waals surface area contributed by atoms with E-state index in [1.54, 1.807) is 7.05 Å². The topological polar surface area (TPSA) is 69.7 Å². The highest BCUT2D eigenvalue weighted by Crippen LogP contribution is 2.12. The van der Waals surface area contributed by atoms with Crippen molar-refractivity contribution in [2.45, 2.75) is 6.42 Å². The quantitative estimate of drug-likeness (QED) is 0.783. The summed E-state index contributed by atoms with van der Waals surface area (Å²) in [7, 11) is -1.82. The van der Waals surface area contributed by atoms with Crippen molar-refractivity contribution in [2.75, 3.05) is 45.5 Å². The van der Waals surface area contributed by atoms with Gasteiger partial charge in [0.15, 0.2) is 0 Å². The third kappa shape index (κ3) is 5.97. The number of nitrogens with one attached hydrogen (secondary N) is 1. The molecule has 0 aromatic rings. The summed E-state index contributed by atoms with van der Waals surface area (Å²) in [5.41, 5.74) is 0. The van der Waals surface area contributed by atoms with E-state index in [0.717, 1.165) is 0 Å². The van der Waals surface area contributed by atoms with Crippen LogP contribution >= 0.6 is 23.2 Å². The summed E-state index contributed by atoms with van der Waals surface area (Å²) in [6.45, 7) is 2.34. The van der Waals surface area contributed by atoms with Gasteiger partial charge in [0.25, 0.3) is 0 Å². The molecular weight excluding hydrogens is 325 g/mol. The molecule has 1 fully saturated rings. The van der Waals surface area contributed by atoms with Crippen molar-refractivity contribution in [1.82, 2.24) is 14.5 Å². The van der Waals surface area contributed by atoms with E-state index >= 15 is 0 Å². The molecule has 1 aliphatic rings. The average molecular weight is 344 g/mol. The van der Waals surface area contributed by atoms with Gasteiger partial charge in [-0.3, -0.25) is 9.69 Å². The third-order valence-electron chi connectivity index (χ3n) is 3.04. The maximum atomic E-state index is 12.1. The Labute approximate surface area is 129 Å². The number of carbonyl (C=O) groups is 1. The van der Waals surface area contributed by atoms with Gasteiger partial charge in [-0.25, -0.2) is 12.7 Å². The number of likely N-dealkylation sites (N-methyl/N-ethyl adjacent to an activating group) is 1. The molecule has 1 rings (SSSR count). The van der Waals surface area contributed by atoms with Crippen LogP contribution in [0.3, 0.4) is 0 Å². The van der Waals surface area contributed by atoms with Gasteiger partial charge >= 0.3 is 0 Å². The Morgan fingerprint density at radius 3 is 2.55 bits per heavy atom. The predicted molar refractivity (Wildman–Crippen MR) is 80.3 cm³/mol. The van der Waals surface area contributed by atoms with Gasteiger partial charge in [0, 0.05) is 26.7 Å². The fourth-order valence-corrected chi connectivity index (χ4v) is 3.63. The Morgan fingerprint density at radius 1 is 1.25 bits per heavy atom. The minimum atomic E-state index is -3.40. The van der Waals surface area contributed by atoms with E-state index in [0.29, 0.717) is 32.6 Å². The Hall–Kier alpha value is -0.340. The molecule has 0 aliphatic carbocycles. The first-order valence-corrected chi connectivity index (χ1v) is 8.63. The zero-order valence-corrected chi connectivity index (χ0v) is 13.6. The molecule has 0 spiro atoms. The fraction of sp³-hybridized carbons (Fsp3) is 0.727. The van der Waals surface area contributed by atoms with Crippen molar-refractivity contribution < 1.29 is 13.2 Å². The fourth-order valence-electron chi connectivity index (χ4n) is 1.94. The summed E-state index contributed by atoms with van der Waals surface area (Å²) in [4.78, 5) is 13.3. The molecule has 0 bridgehead atoms. The number of sulfonamides is 1. The average Bonchev–Trinajstić information content (AvgIpc) is 2.62. The van der Waals surface area contributed by atoms with Gasteiger partial charge < -0.3 is 5.32 Å². The molecule has 0 saturated carbocycles. The third-order valence-corrected chi connectivity index (χ3v) is 5.08. The molecule has 20 heavy (non-hydrogen) atoms. The molecule has 0 radical (unpaired) electrons. The van der Waals surface area contributed by atoms with Gasteiger partial charge in [-0.05, 0) is 19.0 Å². The molecule has 1 amide bonds. The normalized spacial score (nSPS) is 18.4. The van der Waals surface area contributed by atoms with Crippen LogP contribution in [0.4, 0.5) is 0 Å². The van der Waals surface area contributed by atoms with Gasteiger partial charge in [-0.2, -0.15) is 0 Å². The van der Waals surface area contributed by atoms with Crippen molar-refractivity contribution in [3.63, 3.8) is 0 Å². The van der Waals surface area contributed by atoms with Crippen molar-refractivity contribution in [2.24, 2.45) is 0 Å². The summed E-state index contributed by atoms with van der Waals surface area (Å²) in [5.74, 6) is -0.275. The molecule has 0 aromatic carbocycles. The number of rotatable bonds is 5. The van der Waals surface area contributed by atoms with E-state index in [1.165, 1.54) is 10.4 Å². The SMILES string of the molecule is CNC(=O)CN1CCCN(S(=O)(=O)CC=C(Cl)Cl)CC1. The second-order valence-corrected chi connectivity index (χ2v) is 7.50. The Kier molecular flexibility index (Phi) is 7.25.